The number of carbonyl (C=O) groups excluding carboxylic acids is 1. The summed E-state index contributed by atoms with van der Waals surface area (Å²) in [7, 11) is 0. The third-order valence-corrected chi connectivity index (χ3v) is 5.05. The number of likely N-dealkylation sites (tertiary alicyclic amines) is 1. The molecule has 2 atom stereocenters. The second kappa shape index (κ2) is 7.07. The summed E-state index contributed by atoms with van der Waals surface area (Å²) in [6.07, 6.45) is 5.22. The highest BCUT2D eigenvalue weighted by Gasteiger charge is 2.31. The van der Waals surface area contributed by atoms with Gasteiger partial charge in [-0.3, -0.25) is 9.69 Å². The van der Waals surface area contributed by atoms with Crippen molar-refractivity contribution >= 4 is 5.91 Å². The van der Waals surface area contributed by atoms with Gasteiger partial charge >= 0.3 is 0 Å². The van der Waals surface area contributed by atoms with Crippen LogP contribution in [0.1, 0.15) is 32.6 Å². The van der Waals surface area contributed by atoms with Crippen LogP contribution in [0.25, 0.3) is 0 Å². The van der Waals surface area contributed by atoms with Gasteiger partial charge in [0.1, 0.15) is 0 Å². The average molecular weight is 295 g/mol. The van der Waals surface area contributed by atoms with Crippen LogP contribution in [-0.2, 0) is 9.53 Å². The minimum atomic E-state index is 0.0202. The van der Waals surface area contributed by atoms with Crippen molar-refractivity contribution in [3.63, 3.8) is 0 Å². The number of nitrogens with one attached hydrogen (secondary N) is 1. The summed E-state index contributed by atoms with van der Waals surface area (Å²) in [6.45, 7) is 8.22. The second-order valence-corrected chi connectivity index (χ2v) is 6.80. The summed E-state index contributed by atoms with van der Waals surface area (Å²) < 4.78 is 5.34. The van der Waals surface area contributed by atoms with Crippen molar-refractivity contribution in [3.05, 3.63) is 0 Å². The molecule has 5 heteroatoms. The lowest BCUT2D eigenvalue weighted by Gasteiger charge is -2.39. The number of ether oxygens (including phenoxy) is 1. The average Bonchev–Trinajstić information content (AvgIpc) is 3.37. The van der Waals surface area contributed by atoms with E-state index in [4.69, 9.17) is 4.74 Å². The van der Waals surface area contributed by atoms with E-state index in [0.717, 1.165) is 38.8 Å². The molecule has 2 heterocycles. The van der Waals surface area contributed by atoms with E-state index in [-0.39, 0.29) is 11.9 Å². The van der Waals surface area contributed by atoms with E-state index >= 15 is 0 Å². The van der Waals surface area contributed by atoms with Crippen LogP contribution in [0.3, 0.4) is 0 Å². The molecule has 3 aliphatic rings. The van der Waals surface area contributed by atoms with E-state index in [0.29, 0.717) is 19.1 Å². The predicted octanol–water partition coefficient (Wildman–Crippen LogP) is 0.698. The summed E-state index contributed by atoms with van der Waals surface area (Å²) in [5, 5.41) is 3.64. The van der Waals surface area contributed by atoms with Gasteiger partial charge in [0, 0.05) is 25.7 Å². The Morgan fingerprint density at radius 2 is 2.00 bits per heavy atom. The zero-order valence-electron chi connectivity index (χ0n) is 13.2. The molecule has 21 heavy (non-hydrogen) atoms. The van der Waals surface area contributed by atoms with Crippen molar-refractivity contribution in [1.29, 1.82) is 0 Å². The summed E-state index contributed by atoms with van der Waals surface area (Å²) in [6, 6.07) is 0.805. The van der Waals surface area contributed by atoms with E-state index in [1.165, 1.54) is 25.7 Å². The number of carbonyl (C=O) groups is 1. The van der Waals surface area contributed by atoms with Crippen LogP contribution in [0.15, 0.2) is 0 Å². The quantitative estimate of drug-likeness (QED) is 0.811. The van der Waals surface area contributed by atoms with Crippen LogP contribution in [-0.4, -0.2) is 73.7 Å². The Morgan fingerprint density at radius 3 is 2.71 bits per heavy atom. The molecule has 1 amide bonds. The number of hydrogen-bond donors (Lipinski definition) is 1. The molecule has 3 fully saturated rings. The molecule has 0 radical (unpaired) electrons. The molecule has 3 rings (SSSR count). The van der Waals surface area contributed by atoms with Gasteiger partial charge < -0.3 is 15.0 Å². The molecule has 2 unspecified atom stereocenters. The number of morpholine rings is 1. The standard InChI is InChI=1S/C16H29N3O2/c1-13(16(20)18-7-9-21-10-8-18)19-6-2-3-14(12-19)11-17-15-4-5-15/h13-15,17H,2-12H2,1H3. The third kappa shape index (κ3) is 4.18. The first-order valence-corrected chi connectivity index (χ1v) is 8.58. The van der Waals surface area contributed by atoms with Gasteiger partial charge in [0.15, 0.2) is 0 Å². The molecule has 5 nitrogen and oxygen atoms in total. The first-order valence-electron chi connectivity index (χ1n) is 8.58. The lowest BCUT2D eigenvalue weighted by Crippen LogP contribution is -2.53. The Labute approximate surface area is 128 Å². The van der Waals surface area contributed by atoms with Crippen molar-refractivity contribution in [3.8, 4) is 0 Å². The largest absolute Gasteiger partial charge is 0.378 e. The fourth-order valence-electron chi connectivity index (χ4n) is 3.44. The van der Waals surface area contributed by atoms with E-state index in [2.05, 4.69) is 17.1 Å². The fourth-order valence-corrected chi connectivity index (χ4v) is 3.44. The first-order chi connectivity index (χ1) is 10.2. The van der Waals surface area contributed by atoms with Gasteiger partial charge in [-0.25, -0.2) is 0 Å². The molecule has 0 aromatic carbocycles. The smallest absolute Gasteiger partial charge is 0.239 e. The lowest BCUT2D eigenvalue weighted by molar-refractivity contribution is -0.141. The van der Waals surface area contributed by atoms with Gasteiger partial charge in [-0.05, 0) is 51.6 Å². The minimum absolute atomic E-state index is 0.0202. The highest BCUT2D eigenvalue weighted by molar-refractivity contribution is 5.81. The Morgan fingerprint density at radius 1 is 1.24 bits per heavy atom. The zero-order chi connectivity index (χ0) is 14.7. The molecule has 0 spiro atoms. The highest BCUT2D eigenvalue weighted by Crippen LogP contribution is 2.22. The van der Waals surface area contributed by atoms with Crippen molar-refractivity contribution in [2.75, 3.05) is 45.9 Å². The second-order valence-electron chi connectivity index (χ2n) is 6.80. The van der Waals surface area contributed by atoms with Crippen LogP contribution in [0, 0.1) is 5.92 Å². The molecule has 0 aromatic rings. The Bertz CT molecular complexity index is 353. The number of piperidine rings is 1. The van der Waals surface area contributed by atoms with E-state index in [1.807, 2.05) is 4.90 Å². The summed E-state index contributed by atoms with van der Waals surface area (Å²) in [5.41, 5.74) is 0. The van der Waals surface area contributed by atoms with E-state index < -0.39 is 0 Å². The maximum atomic E-state index is 12.6. The topological polar surface area (TPSA) is 44.8 Å². The van der Waals surface area contributed by atoms with Gasteiger partial charge in [0.25, 0.3) is 0 Å². The molecular weight excluding hydrogens is 266 g/mol. The van der Waals surface area contributed by atoms with Gasteiger partial charge in [-0.2, -0.15) is 0 Å². The molecule has 1 N–H and O–H groups in total. The lowest BCUT2D eigenvalue weighted by atomic mass is 9.96. The van der Waals surface area contributed by atoms with E-state index in [1.54, 1.807) is 0 Å². The number of nitrogens with zero attached hydrogens (tertiary/aromatic N) is 2. The van der Waals surface area contributed by atoms with Crippen molar-refractivity contribution in [2.24, 2.45) is 5.92 Å². The molecule has 1 saturated carbocycles. The third-order valence-electron chi connectivity index (χ3n) is 5.05. The summed E-state index contributed by atoms with van der Waals surface area (Å²) in [5.74, 6) is 0.994. The van der Waals surface area contributed by atoms with Crippen molar-refractivity contribution < 1.29 is 9.53 Å². The molecule has 2 saturated heterocycles. The van der Waals surface area contributed by atoms with Crippen LogP contribution in [0.2, 0.25) is 0 Å². The zero-order valence-corrected chi connectivity index (χ0v) is 13.2. The molecular formula is C16H29N3O2. The maximum absolute atomic E-state index is 12.6. The molecule has 120 valence electrons. The van der Waals surface area contributed by atoms with Crippen LogP contribution < -0.4 is 5.32 Å². The maximum Gasteiger partial charge on any atom is 0.239 e. The Hall–Kier alpha value is -0.650. The monoisotopic (exact) mass is 295 g/mol. The first kappa shape index (κ1) is 15.3. The minimum Gasteiger partial charge on any atom is -0.378 e. The number of amides is 1. The molecule has 0 bridgehead atoms. The van der Waals surface area contributed by atoms with Gasteiger partial charge in [0.2, 0.25) is 5.91 Å². The molecule has 2 aliphatic heterocycles. The normalized spacial score (nSPS) is 29.4. The van der Waals surface area contributed by atoms with Gasteiger partial charge in [-0.15, -0.1) is 0 Å². The van der Waals surface area contributed by atoms with Gasteiger partial charge in [-0.1, -0.05) is 0 Å². The fraction of sp³-hybridized carbons (Fsp3) is 0.938. The van der Waals surface area contributed by atoms with Crippen LogP contribution in [0.4, 0.5) is 0 Å². The Kier molecular flexibility index (Phi) is 5.14. The predicted molar refractivity (Wildman–Crippen MR) is 82.2 cm³/mol. The SMILES string of the molecule is CC(C(=O)N1CCOCC1)N1CCCC(CNC2CC2)C1. The van der Waals surface area contributed by atoms with Crippen LogP contribution in [0.5, 0.6) is 0 Å². The van der Waals surface area contributed by atoms with Gasteiger partial charge in [0.05, 0.1) is 19.3 Å². The highest BCUT2D eigenvalue weighted by atomic mass is 16.5. The Balaban J connectivity index is 1.47. The number of rotatable bonds is 5. The summed E-state index contributed by atoms with van der Waals surface area (Å²) >= 11 is 0. The van der Waals surface area contributed by atoms with Crippen molar-refractivity contribution in [2.45, 2.75) is 44.7 Å². The molecule has 1 aliphatic carbocycles. The van der Waals surface area contributed by atoms with E-state index in [9.17, 15) is 4.79 Å². The van der Waals surface area contributed by atoms with Crippen LogP contribution >= 0.6 is 0 Å². The molecule has 0 aromatic heterocycles. The van der Waals surface area contributed by atoms with Crippen molar-refractivity contribution in [1.82, 2.24) is 15.1 Å². The number of hydrogen-bond acceptors (Lipinski definition) is 4. The summed E-state index contributed by atoms with van der Waals surface area (Å²) in [4.78, 5) is 17.0.